The molecule has 0 amide bonds. The Morgan fingerprint density at radius 2 is 1.67 bits per heavy atom. The summed E-state index contributed by atoms with van der Waals surface area (Å²) in [6.45, 7) is 11.3. The van der Waals surface area contributed by atoms with Crippen LogP contribution in [0.25, 0.3) is 33.2 Å². The van der Waals surface area contributed by atoms with Gasteiger partial charge in [-0.3, -0.25) is 0 Å². The van der Waals surface area contributed by atoms with Crippen molar-refractivity contribution in [1.82, 2.24) is 0 Å². The van der Waals surface area contributed by atoms with Crippen LogP contribution in [-0.4, -0.2) is 0 Å². The minimum Gasteiger partial charge on any atom is -0.455 e. The minimum absolute atomic E-state index is 0.272. The molecule has 2 nitrogen and oxygen atoms in total. The van der Waals surface area contributed by atoms with Crippen molar-refractivity contribution in [3.05, 3.63) is 65.4 Å². The molecule has 0 unspecified atom stereocenters. The zero-order valence-corrected chi connectivity index (χ0v) is 17.2. The molecule has 0 aliphatic carbocycles. The maximum Gasteiger partial charge on any atom is 0.216 e. The molecule has 4 rings (SSSR count). The normalized spacial score (nSPS) is 12.2. The van der Waals surface area contributed by atoms with E-state index in [-0.39, 0.29) is 5.41 Å². The molecular formula is C25H28NO+. The Kier molecular flexibility index (Phi) is 4.10. The van der Waals surface area contributed by atoms with Gasteiger partial charge in [-0.1, -0.05) is 51.1 Å². The molecule has 4 aromatic rings. The van der Waals surface area contributed by atoms with Crippen molar-refractivity contribution in [2.75, 3.05) is 0 Å². The number of nitrogens with zero attached hydrogens (tertiary/aromatic N) is 1. The SMILES string of the molecule is Cc1cc(-c2c(C)ccc3c2oc2ccccc23)[n+](C)cc1CC(C)(C)C. The number of fused-ring (bicyclic) bond motifs is 3. The van der Waals surface area contributed by atoms with Crippen LogP contribution in [0.4, 0.5) is 0 Å². The van der Waals surface area contributed by atoms with Crippen molar-refractivity contribution < 1.29 is 8.98 Å². The molecule has 0 aliphatic rings. The Bertz CT molecular complexity index is 1160. The molecule has 2 aromatic carbocycles. The first-order valence-corrected chi connectivity index (χ1v) is 9.65. The topological polar surface area (TPSA) is 17.0 Å². The third kappa shape index (κ3) is 3.14. The van der Waals surface area contributed by atoms with Gasteiger partial charge in [0, 0.05) is 22.4 Å². The van der Waals surface area contributed by atoms with Crippen molar-refractivity contribution in [3.63, 3.8) is 0 Å². The number of rotatable bonds is 2. The summed E-state index contributed by atoms with van der Waals surface area (Å²) >= 11 is 0. The summed E-state index contributed by atoms with van der Waals surface area (Å²) in [5.41, 5.74) is 8.57. The quantitative estimate of drug-likeness (QED) is 0.385. The number of pyridine rings is 1. The first-order valence-electron chi connectivity index (χ1n) is 9.65. The van der Waals surface area contributed by atoms with E-state index in [0.29, 0.717) is 0 Å². The molecule has 0 saturated carbocycles. The molecule has 138 valence electrons. The lowest BCUT2D eigenvalue weighted by molar-refractivity contribution is -0.660. The molecule has 0 N–H and O–H groups in total. The molecular weight excluding hydrogens is 330 g/mol. The molecule has 2 heteroatoms. The van der Waals surface area contributed by atoms with E-state index >= 15 is 0 Å². The van der Waals surface area contributed by atoms with Crippen LogP contribution in [0.1, 0.15) is 37.5 Å². The highest BCUT2D eigenvalue weighted by atomic mass is 16.3. The first kappa shape index (κ1) is 17.8. The van der Waals surface area contributed by atoms with E-state index in [1.54, 1.807) is 0 Å². The second-order valence-electron chi connectivity index (χ2n) is 8.95. The number of aryl methyl sites for hydroxylation is 3. The number of furan rings is 1. The van der Waals surface area contributed by atoms with Crippen LogP contribution < -0.4 is 4.57 Å². The molecule has 0 bridgehead atoms. The second-order valence-corrected chi connectivity index (χ2v) is 8.95. The summed E-state index contributed by atoms with van der Waals surface area (Å²) < 4.78 is 8.56. The predicted octanol–water partition coefficient (Wildman–Crippen LogP) is 6.28. The van der Waals surface area contributed by atoms with Gasteiger partial charge in [0.2, 0.25) is 5.69 Å². The van der Waals surface area contributed by atoms with Crippen LogP contribution in [0.5, 0.6) is 0 Å². The first-order chi connectivity index (χ1) is 12.7. The van der Waals surface area contributed by atoms with E-state index < -0.39 is 0 Å². The Hall–Kier alpha value is -2.61. The molecule has 2 aromatic heterocycles. The highest BCUT2D eigenvalue weighted by molar-refractivity contribution is 6.09. The Labute approximate surface area is 161 Å². The Morgan fingerprint density at radius 3 is 2.41 bits per heavy atom. The van der Waals surface area contributed by atoms with Crippen LogP contribution in [0.2, 0.25) is 0 Å². The smallest absolute Gasteiger partial charge is 0.216 e. The van der Waals surface area contributed by atoms with E-state index in [1.165, 1.54) is 38.7 Å². The van der Waals surface area contributed by atoms with Gasteiger partial charge in [-0.05, 0) is 42.9 Å². The number of hydrogen-bond acceptors (Lipinski definition) is 1. The predicted molar refractivity (Wildman–Crippen MR) is 113 cm³/mol. The van der Waals surface area contributed by atoms with E-state index in [0.717, 1.165) is 17.6 Å². The Balaban J connectivity index is 1.97. The Morgan fingerprint density at radius 1 is 0.926 bits per heavy atom. The maximum absolute atomic E-state index is 6.31. The molecule has 0 atom stereocenters. The van der Waals surface area contributed by atoms with Gasteiger partial charge in [0.1, 0.15) is 18.2 Å². The van der Waals surface area contributed by atoms with Gasteiger partial charge in [0.25, 0.3) is 0 Å². The number of aromatic nitrogens is 1. The van der Waals surface area contributed by atoms with Crippen LogP contribution in [0.15, 0.2) is 53.1 Å². The molecule has 0 fully saturated rings. The molecule has 0 aliphatic heterocycles. The monoisotopic (exact) mass is 358 g/mol. The fraction of sp³-hybridized carbons (Fsp3) is 0.320. The zero-order valence-electron chi connectivity index (χ0n) is 17.2. The summed E-state index contributed by atoms with van der Waals surface area (Å²) in [6.07, 6.45) is 3.36. The van der Waals surface area contributed by atoms with Gasteiger partial charge in [-0.15, -0.1) is 0 Å². The van der Waals surface area contributed by atoms with Gasteiger partial charge in [-0.25, -0.2) is 4.57 Å². The summed E-state index contributed by atoms with van der Waals surface area (Å²) in [7, 11) is 2.14. The second kappa shape index (κ2) is 6.23. The van der Waals surface area contributed by atoms with Gasteiger partial charge < -0.3 is 4.42 Å². The van der Waals surface area contributed by atoms with E-state index in [4.69, 9.17) is 4.42 Å². The lowest BCUT2D eigenvalue weighted by atomic mass is 9.86. The van der Waals surface area contributed by atoms with E-state index in [2.05, 4.69) is 82.8 Å². The molecule has 0 saturated heterocycles. The standard InChI is InChI=1S/C25H28NO/c1-16-11-12-20-19-9-7-8-10-22(19)27-24(20)23(16)21-13-17(2)18(15-26(21)6)14-25(3,4)5/h7-13,15H,14H2,1-6H3/q+1. The van der Waals surface area contributed by atoms with Gasteiger partial charge >= 0.3 is 0 Å². The summed E-state index contributed by atoms with van der Waals surface area (Å²) in [4.78, 5) is 0. The fourth-order valence-electron chi connectivity index (χ4n) is 4.02. The van der Waals surface area contributed by atoms with Crippen molar-refractivity contribution in [3.8, 4) is 11.3 Å². The summed E-state index contributed by atoms with van der Waals surface area (Å²) in [5.74, 6) is 0. The average Bonchev–Trinajstić information content (AvgIpc) is 2.95. The van der Waals surface area contributed by atoms with E-state index in [1.807, 2.05) is 12.1 Å². The molecule has 2 heterocycles. The van der Waals surface area contributed by atoms with Crippen LogP contribution >= 0.6 is 0 Å². The van der Waals surface area contributed by atoms with E-state index in [9.17, 15) is 0 Å². The number of hydrogen-bond donors (Lipinski definition) is 0. The van der Waals surface area contributed by atoms with Crippen molar-refractivity contribution in [2.45, 2.75) is 41.0 Å². The molecule has 27 heavy (non-hydrogen) atoms. The van der Waals surface area contributed by atoms with Crippen molar-refractivity contribution in [1.29, 1.82) is 0 Å². The zero-order chi connectivity index (χ0) is 19.3. The maximum atomic E-state index is 6.31. The fourth-order valence-corrected chi connectivity index (χ4v) is 4.02. The lowest BCUT2D eigenvalue weighted by Crippen LogP contribution is -2.32. The summed E-state index contributed by atoms with van der Waals surface area (Å²) in [6, 6.07) is 15.0. The van der Waals surface area contributed by atoms with Gasteiger partial charge in [0.15, 0.2) is 6.20 Å². The van der Waals surface area contributed by atoms with Crippen molar-refractivity contribution >= 4 is 21.9 Å². The van der Waals surface area contributed by atoms with Crippen LogP contribution in [0, 0.1) is 19.3 Å². The average molecular weight is 359 g/mol. The number of para-hydroxylation sites is 1. The highest BCUT2D eigenvalue weighted by Crippen LogP contribution is 2.37. The third-order valence-corrected chi connectivity index (χ3v) is 5.32. The third-order valence-electron chi connectivity index (χ3n) is 5.32. The largest absolute Gasteiger partial charge is 0.455 e. The summed E-state index contributed by atoms with van der Waals surface area (Å²) in [5, 5.41) is 2.36. The minimum atomic E-state index is 0.272. The molecule has 0 spiro atoms. The van der Waals surface area contributed by atoms with Crippen molar-refractivity contribution in [2.24, 2.45) is 12.5 Å². The van der Waals surface area contributed by atoms with Crippen LogP contribution in [-0.2, 0) is 13.5 Å². The van der Waals surface area contributed by atoms with Gasteiger partial charge in [0.05, 0.1) is 5.56 Å². The molecule has 0 radical (unpaired) electrons. The highest BCUT2D eigenvalue weighted by Gasteiger charge is 2.23. The lowest BCUT2D eigenvalue weighted by Gasteiger charge is -2.19. The van der Waals surface area contributed by atoms with Crippen LogP contribution in [0.3, 0.4) is 0 Å². The number of benzene rings is 2. The van der Waals surface area contributed by atoms with Gasteiger partial charge in [-0.2, -0.15) is 0 Å².